The number of carboxylic acids is 1. The smallest absolute Gasteiger partial charge is 0.300 e. The molecular weight excluding hydrogens is 508 g/mol. The Labute approximate surface area is 210 Å². The fraction of sp³-hybridized carbons (Fsp3) is 0.148. The Morgan fingerprint density at radius 2 is 1.83 bits per heavy atom. The maximum absolute atomic E-state index is 13.1. The first-order chi connectivity index (χ1) is 16.9. The molecule has 5 aromatic rings. The molecule has 0 saturated carbocycles. The molecule has 0 aliphatic rings. The largest absolute Gasteiger partial charge is 0.481 e. The number of aryl methyl sites for hydroxylation is 1. The van der Waals surface area contributed by atoms with E-state index in [1.54, 1.807) is 0 Å². The predicted octanol–water partition coefficient (Wildman–Crippen LogP) is 5.41. The van der Waals surface area contributed by atoms with Gasteiger partial charge in [-0.2, -0.15) is 0 Å². The summed E-state index contributed by atoms with van der Waals surface area (Å²) in [6.45, 7) is 2.49. The van der Waals surface area contributed by atoms with Crippen molar-refractivity contribution in [2.24, 2.45) is 5.73 Å². The normalized spacial score (nSPS) is 10.8. The first-order valence-electron chi connectivity index (χ1n) is 11.1. The second-order valence-corrected chi connectivity index (χ2v) is 8.99. The van der Waals surface area contributed by atoms with Gasteiger partial charge in [0, 0.05) is 40.6 Å². The van der Waals surface area contributed by atoms with Gasteiger partial charge in [-0.25, -0.2) is 4.98 Å². The minimum Gasteiger partial charge on any atom is -0.481 e. The lowest BCUT2D eigenvalue weighted by Gasteiger charge is -2.05. The molecule has 0 fully saturated rings. The Bertz CT molecular complexity index is 1550. The SMILES string of the molecule is CC(=O)O.NCCCn1cc(-c2nc3ccc(-c4ccccc4)cc3[nH]c2=O)c2cc(Br)ccc21. The van der Waals surface area contributed by atoms with E-state index in [9.17, 15) is 4.79 Å². The van der Waals surface area contributed by atoms with Crippen LogP contribution in [-0.4, -0.2) is 32.2 Å². The minimum atomic E-state index is -0.833. The van der Waals surface area contributed by atoms with E-state index in [1.165, 1.54) is 0 Å². The summed E-state index contributed by atoms with van der Waals surface area (Å²) in [5.41, 5.74) is 11.5. The molecule has 7 nitrogen and oxygen atoms in total. The summed E-state index contributed by atoms with van der Waals surface area (Å²) < 4.78 is 3.11. The molecule has 0 radical (unpaired) electrons. The van der Waals surface area contributed by atoms with E-state index in [0.29, 0.717) is 12.2 Å². The van der Waals surface area contributed by atoms with Crippen molar-refractivity contribution in [3.05, 3.63) is 87.8 Å². The molecule has 2 heterocycles. The van der Waals surface area contributed by atoms with Crippen molar-refractivity contribution in [2.75, 3.05) is 6.54 Å². The molecular formula is C27H25BrN4O3. The van der Waals surface area contributed by atoms with Crippen molar-refractivity contribution in [3.63, 3.8) is 0 Å². The number of aromatic nitrogens is 3. The number of benzene rings is 3. The number of hydrogen-bond donors (Lipinski definition) is 3. The lowest BCUT2D eigenvalue weighted by atomic mass is 10.0. The molecule has 0 saturated heterocycles. The Kier molecular flexibility index (Phi) is 7.43. The van der Waals surface area contributed by atoms with Crippen LogP contribution in [0.2, 0.25) is 0 Å². The van der Waals surface area contributed by atoms with E-state index in [2.05, 4.69) is 43.7 Å². The highest BCUT2D eigenvalue weighted by molar-refractivity contribution is 9.10. The van der Waals surface area contributed by atoms with Gasteiger partial charge in [0.15, 0.2) is 0 Å². The lowest BCUT2D eigenvalue weighted by Crippen LogP contribution is -2.11. The molecule has 35 heavy (non-hydrogen) atoms. The van der Waals surface area contributed by atoms with Gasteiger partial charge in [0.05, 0.1) is 11.0 Å². The van der Waals surface area contributed by atoms with Crippen LogP contribution in [0.5, 0.6) is 0 Å². The first-order valence-corrected chi connectivity index (χ1v) is 11.9. The number of rotatable bonds is 5. The van der Waals surface area contributed by atoms with Crippen molar-refractivity contribution in [3.8, 4) is 22.4 Å². The third kappa shape index (κ3) is 5.50. The summed E-state index contributed by atoms with van der Waals surface area (Å²) >= 11 is 3.55. The van der Waals surface area contributed by atoms with E-state index in [-0.39, 0.29) is 5.56 Å². The van der Waals surface area contributed by atoms with Crippen molar-refractivity contribution in [1.29, 1.82) is 0 Å². The molecule has 178 valence electrons. The number of halogens is 1. The van der Waals surface area contributed by atoms with E-state index in [0.717, 1.165) is 63.0 Å². The fourth-order valence-corrected chi connectivity index (χ4v) is 4.34. The van der Waals surface area contributed by atoms with Crippen LogP contribution in [0.1, 0.15) is 13.3 Å². The Morgan fingerprint density at radius 1 is 1.09 bits per heavy atom. The van der Waals surface area contributed by atoms with Gasteiger partial charge in [0.2, 0.25) is 0 Å². The fourth-order valence-electron chi connectivity index (χ4n) is 3.98. The number of nitrogens with two attached hydrogens (primary N) is 1. The number of hydrogen-bond acceptors (Lipinski definition) is 4. The molecule has 2 aromatic heterocycles. The maximum atomic E-state index is 13.1. The quantitative estimate of drug-likeness (QED) is 0.280. The van der Waals surface area contributed by atoms with Gasteiger partial charge < -0.3 is 20.4 Å². The Hall–Kier alpha value is -3.75. The van der Waals surface area contributed by atoms with Gasteiger partial charge in [-0.05, 0) is 54.4 Å². The highest BCUT2D eigenvalue weighted by Crippen LogP contribution is 2.31. The number of nitrogens with zero attached hydrogens (tertiary/aromatic N) is 2. The topological polar surface area (TPSA) is 114 Å². The molecule has 5 rings (SSSR count). The van der Waals surface area contributed by atoms with Crippen LogP contribution in [0.4, 0.5) is 0 Å². The second-order valence-electron chi connectivity index (χ2n) is 8.07. The van der Waals surface area contributed by atoms with E-state index >= 15 is 0 Å². The first kappa shape index (κ1) is 24.4. The van der Waals surface area contributed by atoms with Gasteiger partial charge in [0.1, 0.15) is 5.69 Å². The van der Waals surface area contributed by atoms with E-state index < -0.39 is 5.97 Å². The van der Waals surface area contributed by atoms with Crippen LogP contribution in [-0.2, 0) is 11.3 Å². The van der Waals surface area contributed by atoms with Crippen molar-refractivity contribution in [2.45, 2.75) is 19.9 Å². The maximum Gasteiger partial charge on any atom is 0.300 e. The molecule has 0 amide bonds. The van der Waals surface area contributed by atoms with Crippen molar-refractivity contribution < 1.29 is 9.90 Å². The van der Waals surface area contributed by atoms with Crippen LogP contribution < -0.4 is 11.3 Å². The molecule has 0 spiro atoms. The van der Waals surface area contributed by atoms with Gasteiger partial charge in [-0.1, -0.05) is 52.3 Å². The number of H-pyrrole nitrogens is 1. The molecule has 4 N–H and O–H groups in total. The standard InChI is InChI=1S/C25H21BrN4O.C2H4O2/c26-18-8-10-23-19(14-18)20(15-30(23)12-4-11-27)24-25(31)29-22-13-17(7-9-21(22)28-24)16-5-2-1-3-6-16;1-2(3)4/h1-3,5-10,13-15H,4,11-12,27H2,(H,29,31);1H3,(H,3,4). The molecule has 8 heteroatoms. The summed E-state index contributed by atoms with van der Waals surface area (Å²) in [4.78, 5) is 29.9. The van der Waals surface area contributed by atoms with Crippen molar-refractivity contribution >= 4 is 43.8 Å². The molecule has 0 unspecified atom stereocenters. The van der Waals surface area contributed by atoms with Crippen LogP contribution >= 0.6 is 15.9 Å². The van der Waals surface area contributed by atoms with E-state index in [1.807, 2.05) is 54.7 Å². The summed E-state index contributed by atoms with van der Waals surface area (Å²) in [5.74, 6) is -0.833. The van der Waals surface area contributed by atoms with Crippen molar-refractivity contribution in [1.82, 2.24) is 14.5 Å². The Morgan fingerprint density at radius 3 is 2.54 bits per heavy atom. The number of aromatic amines is 1. The summed E-state index contributed by atoms with van der Waals surface area (Å²) in [7, 11) is 0. The average molecular weight is 533 g/mol. The zero-order valence-corrected chi connectivity index (χ0v) is 20.7. The second kappa shape index (κ2) is 10.7. The zero-order valence-electron chi connectivity index (χ0n) is 19.2. The highest BCUT2D eigenvalue weighted by atomic mass is 79.9. The summed E-state index contributed by atoms with van der Waals surface area (Å²) in [6.07, 6.45) is 2.87. The lowest BCUT2D eigenvalue weighted by molar-refractivity contribution is -0.134. The van der Waals surface area contributed by atoms with Crippen LogP contribution in [0.15, 0.2) is 82.2 Å². The number of fused-ring (bicyclic) bond motifs is 2. The molecule has 0 bridgehead atoms. The molecule has 3 aromatic carbocycles. The van der Waals surface area contributed by atoms with Gasteiger partial charge in [-0.3, -0.25) is 9.59 Å². The van der Waals surface area contributed by atoms with Gasteiger partial charge in [0.25, 0.3) is 11.5 Å². The monoisotopic (exact) mass is 532 g/mol. The molecule has 0 atom stereocenters. The number of carboxylic acid groups (broad SMARTS) is 1. The number of nitrogens with one attached hydrogen (secondary N) is 1. The highest BCUT2D eigenvalue weighted by Gasteiger charge is 2.16. The molecule has 0 aliphatic carbocycles. The van der Waals surface area contributed by atoms with Crippen LogP contribution in [0, 0.1) is 0 Å². The predicted molar refractivity (Wildman–Crippen MR) is 143 cm³/mol. The minimum absolute atomic E-state index is 0.199. The zero-order chi connectivity index (χ0) is 24.9. The Balaban J connectivity index is 0.000000672. The average Bonchev–Trinajstić information content (AvgIpc) is 3.19. The number of carbonyl (C=O) groups is 1. The number of aliphatic carboxylic acids is 1. The van der Waals surface area contributed by atoms with Crippen LogP contribution in [0.25, 0.3) is 44.3 Å². The van der Waals surface area contributed by atoms with Gasteiger partial charge in [-0.15, -0.1) is 0 Å². The van der Waals surface area contributed by atoms with Gasteiger partial charge >= 0.3 is 0 Å². The third-order valence-corrected chi connectivity index (χ3v) is 5.99. The summed E-state index contributed by atoms with van der Waals surface area (Å²) in [5, 5.41) is 8.41. The summed E-state index contributed by atoms with van der Waals surface area (Å²) in [6, 6.07) is 22.2. The van der Waals surface area contributed by atoms with Crippen LogP contribution in [0.3, 0.4) is 0 Å². The molecule has 0 aliphatic heterocycles. The third-order valence-electron chi connectivity index (χ3n) is 5.50. The van der Waals surface area contributed by atoms with E-state index in [4.69, 9.17) is 20.6 Å².